The van der Waals surface area contributed by atoms with Crippen LogP contribution in [0.4, 0.5) is 0 Å². The predicted molar refractivity (Wildman–Crippen MR) is 145 cm³/mol. The van der Waals surface area contributed by atoms with Crippen LogP contribution in [-0.2, 0) is 29.2 Å². The first-order valence-electron chi connectivity index (χ1n) is 12.6. The molecular weight excluding hydrogens is 500 g/mol. The van der Waals surface area contributed by atoms with Crippen LogP contribution in [0.2, 0.25) is 0 Å². The lowest BCUT2D eigenvalue weighted by Crippen LogP contribution is -2.30. The SMILES string of the molecule is O=C(CCCCCCc1ccccc1)C(=O)NCc1nnc(-c2ccc(OCc3cc[n+]([O-])cc3)cc2)s1. The average Bonchev–Trinajstić information content (AvgIpc) is 3.43. The van der Waals surface area contributed by atoms with E-state index in [0.717, 1.165) is 48.0 Å². The van der Waals surface area contributed by atoms with Crippen LogP contribution in [0.3, 0.4) is 0 Å². The van der Waals surface area contributed by atoms with Crippen LogP contribution < -0.4 is 14.8 Å². The zero-order chi connectivity index (χ0) is 26.6. The normalized spacial score (nSPS) is 10.7. The summed E-state index contributed by atoms with van der Waals surface area (Å²) in [6, 6.07) is 21.2. The van der Waals surface area contributed by atoms with E-state index in [1.165, 1.54) is 29.3 Å². The summed E-state index contributed by atoms with van der Waals surface area (Å²) in [4.78, 5) is 24.3. The van der Waals surface area contributed by atoms with Gasteiger partial charge in [0, 0.05) is 29.7 Å². The number of ketones is 1. The summed E-state index contributed by atoms with van der Waals surface area (Å²) in [7, 11) is 0. The van der Waals surface area contributed by atoms with E-state index in [4.69, 9.17) is 4.74 Å². The van der Waals surface area contributed by atoms with Gasteiger partial charge in [-0.3, -0.25) is 9.59 Å². The second-order valence-electron chi connectivity index (χ2n) is 8.89. The van der Waals surface area contributed by atoms with Crippen LogP contribution in [0, 0.1) is 5.21 Å². The highest BCUT2D eigenvalue weighted by Crippen LogP contribution is 2.26. The van der Waals surface area contributed by atoms with Crippen molar-refractivity contribution in [1.29, 1.82) is 0 Å². The summed E-state index contributed by atoms with van der Waals surface area (Å²) >= 11 is 1.36. The topological polar surface area (TPSA) is 108 Å². The number of benzene rings is 2. The van der Waals surface area contributed by atoms with Crippen molar-refractivity contribution in [1.82, 2.24) is 15.5 Å². The number of nitrogens with one attached hydrogen (secondary N) is 1. The van der Waals surface area contributed by atoms with Gasteiger partial charge in [0.15, 0.2) is 12.4 Å². The van der Waals surface area contributed by atoms with Gasteiger partial charge < -0.3 is 15.3 Å². The van der Waals surface area contributed by atoms with E-state index in [9.17, 15) is 14.8 Å². The maximum atomic E-state index is 12.2. The smallest absolute Gasteiger partial charge is 0.287 e. The number of aromatic nitrogens is 3. The van der Waals surface area contributed by atoms with Crippen LogP contribution >= 0.6 is 11.3 Å². The van der Waals surface area contributed by atoms with Crippen molar-refractivity contribution in [3.63, 3.8) is 0 Å². The second-order valence-corrected chi connectivity index (χ2v) is 9.95. The molecule has 38 heavy (non-hydrogen) atoms. The van der Waals surface area contributed by atoms with E-state index >= 15 is 0 Å². The first kappa shape index (κ1) is 26.9. The van der Waals surface area contributed by atoms with Crippen LogP contribution in [0.1, 0.15) is 48.2 Å². The van der Waals surface area contributed by atoms with Gasteiger partial charge in [0.2, 0.25) is 5.78 Å². The molecule has 8 nitrogen and oxygen atoms in total. The number of ether oxygens (including phenoxy) is 1. The van der Waals surface area contributed by atoms with Gasteiger partial charge in [-0.05, 0) is 49.1 Å². The second kappa shape index (κ2) is 14.0. The van der Waals surface area contributed by atoms with Crippen LogP contribution in [0.15, 0.2) is 79.1 Å². The Hall–Kier alpha value is -4.11. The van der Waals surface area contributed by atoms with Gasteiger partial charge in [-0.2, -0.15) is 4.73 Å². The van der Waals surface area contributed by atoms with Gasteiger partial charge >= 0.3 is 0 Å². The largest absolute Gasteiger partial charge is 0.619 e. The third kappa shape index (κ3) is 8.48. The molecule has 2 aromatic carbocycles. The van der Waals surface area contributed by atoms with Gasteiger partial charge in [-0.25, -0.2) is 0 Å². The fraction of sp³-hybridized carbons (Fsp3) is 0.276. The molecule has 0 unspecified atom stereocenters. The summed E-state index contributed by atoms with van der Waals surface area (Å²) in [5, 5.41) is 23.4. The number of pyridine rings is 1. The van der Waals surface area contributed by atoms with Gasteiger partial charge in [0.05, 0.1) is 6.54 Å². The Bertz CT molecular complexity index is 1310. The molecule has 4 aromatic rings. The third-order valence-electron chi connectivity index (χ3n) is 5.96. The van der Waals surface area contributed by atoms with E-state index in [0.29, 0.717) is 22.4 Å². The summed E-state index contributed by atoms with van der Waals surface area (Å²) in [6.07, 6.45) is 7.94. The molecule has 2 heterocycles. The van der Waals surface area contributed by atoms with E-state index in [1.54, 1.807) is 12.1 Å². The number of hydrogen-bond acceptors (Lipinski definition) is 7. The Morgan fingerprint density at radius 1 is 0.868 bits per heavy atom. The first-order chi connectivity index (χ1) is 18.6. The minimum absolute atomic E-state index is 0.168. The predicted octanol–water partition coefficient (Wildman–Crippen LogP) is 4.80. The molecule has 0 fully saturated rings. The molecule has 0 saturated heterocycles. The van der Waals surface area contributed by atoms with Crippen molar-refractivity contribution in [2.75, 3.05) is 0 Å². The fourth-order valence-electron chi connectivity index (χ4n) is 3.82. The van der Waals surface area contributed by atoms with Crippen LogP contribution in [0.25, 0.3) is 10.6 Å². The summed E-state index contributed by atoms with van der Waals surface area (Å²) in [5.74, 6) is -0.272. The fourth-order valence-corrected chi connectivity index (χ4v) is 4.61. The number of carbonyl (C=O) groups excluding carboxylic acids is 2. The number of unbranched alkanes of at least 4 members (excludes halogenated alkanes) is 3. The van der Waals surface area contributed by atoms with Gasteiger partial charge in [-0.15, -0.1) is 10.2 Å². The highest BCUT2D eigenvalue weighted by Gasteiger charge is 2.14. The molecule has 9 heteroatoms. The lowest BCUT2D eigenvalue weighted by Gasteiger charge is -2.06. The zero-order valence-electron chi connectivity index (χ0n) is 21.0. The van der Waals surface area contributed by atoms with Crippen molar-refractivity contribution >= 4 is 23.0 Å². The Morgan fingerprint density at radius 3 is 2.37 bits per heavy atom. The van der Waals surface area contributed by atoms with Gasteiger partial charge in [-0.1, -0.05) is 54.5 Å². The molecule has 0 radical (unpaired) electrons. The molecule has 0 atom stereocenters. The molecule has 0 bridgehead atoms. The molecule has 2 aromatic heterocycles. The van der Waals surface area contributed by atoms with Crippen molar-refractivity contribution in [2.45, 2.75) is 51.7 Å². The Labute approximate surface area is 225 Å². The minimum Gasteiger partial charge on any atom is -0.619 e. The molecule has 0 aliphatic carbocycles. The van der Waals surface area contributed by atoms with Gasteiger partial charge in [0.1, 0.15) is 22.4 Å². The average molecular weight is 531 g/mol. The lowest BCUT2D eigenvalue weighted by molar-refractivity contribution is -0.605. The number of Topliss-reactive ketones (excluding diaryl/α,β-unsaturated/α-hetero) is 1. The molecule has 0 spiro atoms. The number of rotatable bonds is 14. The van der Waals surface area contributed by atoms with Crippen molar-refractivity contribution in [2.24, 2.45) is 0 Å². The van der Waals surface area contributed by atoms with Crippen LogP contribution in [-0.4, -0.2) is 21.9 Å². The Morgan fingerprint density at radius 2 is 1.61 bits per heavy atom. The number of amides is 1. The summed E-state index contributed by atoms with van der Waals surface area (Å²) in [6.45, 7) is 0.525. The molecule has 0 saturated carbocycles. The molecule has 4 rings (SSSR count). The molecule has 0 aliphatic rings. The first-order valence-corrected chi connectivity index (χ1v) is 13.5. The quantitative estimate of drug-likeness (QED) is 0.109. The lowest BCUT2D eigenvalue weighted by atomic mass is 10.0. The number of hydrogen-bond donors (Lipinski definition) is 1. The van der Waals surface area contributed by atoms with Crippen molar-refractivity contribution < 1.29 is 19.1 Å². The van der Waals surface area contributed by atoms with Crippen LogP contribution in [0.5, 0.6) is 5.75 Å². The number of carbonyl (C=O) groups is 2. The highest BCUT2D eigenvalue weighted by molar-refractivity contribution is 7.14. The maximum Gasteiger partial charge on any atom is 0.287 e. The monoisotopic (exact) mass is 530 g/mol. The molecule has 1 amide bonds. The highest BCUT2D eigenvalue weighted by atomic mass is 32.1. The number of nitrogens with zero attached hydrogens (tertiary/aromatic N) is 3. The van der Waals surface area contributed by atoms with Gasteiger partial charge in [0.25, 0.3) is 5.91 Å². The summed E-state index contributed by atoms with van der Waals surface area (Å²) < 4.78 is 6.49. The number of aryl methyl sites for hydroxylation is 1. The third-order valence-corrected chi connectivity index (χ3v) is 6.93. The van der Waals surface area contributed by atoms with E-state index in [1.807, 2.05) is 42.5 Å². The maximum absolute atomic E-state index is 12.2. The van der Waals surface area contributed by atoms with Crippen molar-refractivity contribution in [3.8, 4) is 16.3 Å². The Balaban J connectivity index is 1.14. The standard InChI is InChI=1S/C29H30N4O4S/c34-26(11-7-2-1-4-8-22-9-5-3-6-10-22)28(35)30-20-27-31-32-29(38-27)24-12-14-25(15-13-24)37-21-23-16-18-33(36)19-17-23/h3,5-6,9-10,12-19H,1-2,4,7-8,11,20-21H2,(H,30,35). The minimum atomic E-state index is -0.573. The van der Waals surface area contributed by atoms with Crippen molar-refractivity contribution in [3.05, 3.63) is 100 Å². The molecular formula is C29H30N4O4S. The molecule has 0 aliphatic heterocycles. The van der Waals surface area contributed by atoms with E-state index in [2.05, 4.69) is 27.6 Å². The Kier molecular flexibility index (Phi) is 9.92. The van der Waals surface area contributed by atoms with E-state index < -0.39 is 11.7 Å². The zero-order valence-corrected chi connectivity index (χ0v) is 21.9. The van der Waals surface area contributed by atoms with E-state index in [-0.39, 0.29) is 13.0 Å². The molecule has 196 valence electrons. The molecule has 1 N–H and O–H groups in total. The summed E-state index contributed by atoms with van der Waals surface area (Å²) in [5.41, 5.74) is 3.10.